The minimum absolute atomic E-state index is 0. The number of hydrogen-bond acceptors (Lipinski definition) is 7. The number of hydrogen-bond donors (Lipinski definition) is 1. The molecule has 0 aromatic heterocycles. The summed E-state index contributed by atoms with van der Waals surface area (Å²) in [6.45, 7) is 22.1. The number of aliphatic carboxylic acids is 1. The Hall–Kier alpha value is -1.43. The van der Waals surface area contributed by atoms with Crippen LogP contribution in [0.15, 0.2) is 0 Å². The number of carboxylic acid groups (broad SMARTS) is 1. The fourth-order valence-electron chi connectivity index (χ4n) is 0. The summed E-state index contributed by atoms with van der Waals surface area (Å²) in [5, 5.41) is 46.4. The Kier molecular flexibility index (Phi) is 5250. The molecule has 0 spiro atoms. The van der Waals surface area contributed by atoms with Gasteiger partial charge in [0.1, 0.15) is 0 Å². The van der Waals surface area contributed by atoms with Crippen LogP contribution in [0.25, 0.3) is 0 Å². The maximum atomic E-state index is 9.00. The molecular formula is C8H11FeKN6O2. The van der Waals surface area contributed by atoms with Crippen molar-refractivity contribution in [2.45, 2.75) is 6.92 Å². The van der Waals surface area contributed by atoms with E-state index in [9.17, 15) is 0 Å². The van der Waals surface area contributed by atoms with Gasteiger partial charge in [-0.15, -0.1) is 0 Å². The van der Waals surface area contributed by atoms with Crippen LogP contribution in [0.4, 0.5) is 0 Å². The van der Waals surface area contributed by atoms with Crippen LogP contribution in [0.5, 0.6) is 0 Å². The maximum Gasteiger partial charge on any atom is 1.00 e. The first-order valence-electron chi connectivity index (χ1n) is 2.48. The molecule has 0 heterocycles. The van der Waals surface area contributed by atoms with Crippen LogP contribution >= 0.6 is 0 Å². The molecular weight excluding hydrogens is 307 g/mol. The van der Waals surface area contributed by atoms with E-state index >= 15 is 0 Å². The molecule has 18 heavy (non-hydrogen) atoms. The summed E-state index contributed by atoms with van der Waals surface area (Å²) in [6.07, 6.45) is 0. The van der Waals surface area contributed by atoms with Crippen molar-refractivity contribution in [2.24, 2.45) is 0 Å². The van der Waals surface area contributed by atoms with Crippen LogP contribution in [0, 0.1) is 71.0 Å². The molecule has 0 aromatic rings. The Balaban J connectivity index is -0.00000000622. The van der Waals surface area contributed by atoms with E-state index in [1.807, 2.05) is 0 Å². The van der Waals surface area contributed by atoms with Crippen molar-refractivity contribution in [3.8, 4) is 39.4 Å². The molecule has 10 heteroatoms. The average Bonchev–Trinajstić information content (AvgIpc) is 2.42. The first kappa shape index (κ1) is 70.1. The van der Waals surface area contributed by atoms with Gasteiger partial charge in [0.15, 0.2) is 0 Å². The number of carboxylic acids is 1. The molecule has 0 aliphatic heterocycles. The summed E-state index contributed by atoms with van der Waals surface area (Å²) in [4.78, 5) is 9.00. The Morgan fingerprint density at radius 2 is 0.778 bits per heavy atom. The van der Waals surface area contributed by atoms with E-state index in [0.29, 0.717) is 0 Å². The topological polar surface area (TPSA) is 180 Å². The predicted molar refractivity (Wildman–Crippen MR) is 54.4 cm³/mol. The zero-order valence-corrected chi connectivity index (χ0v) is 14.1. The molecule has 0 unspecified atom stereocenters. The minimum Gasteiger partial charge on any atom is -1.00 e. The number of rotatable bonds is 0. The Labute approximate surface area is 162 Å². The van der Waals surface area contributed by atoms with Gasteiger partial charge in [-0.2, -0.15) is 0 Å². The van der Waals surface area contributed by atoms with Gasteiger partial charge < -0.3 is 6.53 Å². The Morgan fingerprint density at radius 1 is 0.778 bits per heavy atom. The molecule has 0 saturated heterocycles. The van der Waals surface area contributed by atoms with Gasteiger partial charge in [0, 0.05) is 63.4 Å². The molecule has 0 bridgehead atoms. The second-order valence-corrected chi connectivity index (χ2v) is 0.519. The molecule has 0 saturated carbocycles. The Bertz CT molecular complexity index is 176. The van der Waals surface area contributed by atoms with Crippen LogP contribution in [-0.2, 0) is 21.9 Å². The van der Waals surface area contributed by atoms with Crippen molar-refractivity contribution >= 4 is 5.97 Å². The molecule has 0 aromatic carbocycles. The summed E-state index contributed by atoms with van der Waals surface area (Å²) < 4.78 is 0. The van der Waals surface area contributed by atoms with E-state index in [1.54, 1.807) is 0 Å². The normalized spacial score (nSPS) is 2.06. The van der Waals surface area contributed by atoms with Gasteiger partial charge in [0.05, 0.1) is 0 Å². The quantitative estimate of drug-likeness (QED) is 0.500. The van der Waals surface area contributed by atoms with E-state index in [4.69, 9.17) is 41.5 Å². The number of nitrogens with zero attached hydrogens (tertiary/aromatic N) is 6. The molecule has 8 nitrogen and oxygen atoms in total. The van der Waals surface area contributed by atoms with E-state index in [1.165, 1.54) is 0 Å². The largest absolute Gasteiger partial charge is 1.00 e. The minimum atomic E-state index is -0.833. The number of carbonyl (C=O) groups is 1. The molecule has 0 radical (unpaired) electrons. The van der Waals surface area contributed by atoms with E-state index in [2.05, 4.69) is 39.4 Å². The summed E-state index contributed by atoms with van der Waals surface area (Å²) in [5.74, 6) is -0.833. The summed E-state index contributed by atoms with van der Waals surface area (Å²) >= 11 is 0. The average molecular weight is 318 g/mol. The molecule has 0 amide bonds. The second-order valence-electron chi connectivity index (χ2n) is 0.519. The van der Waals surface area contributed by atoms with Crippen molar-refractivity contribution in [3.63, 3.8) is 0 Å². The van der Waals surface area contributed by atoms with Gasteiger partial charge in [-0.05, 0) is 0 Å². The van der Waals surface area contributed by atoms with Crippen LogP contribution in [0.2, 0.25) is 0 Å². The molecule has 0 aliphatic rings. The standard InChI is InChI=1S/C2H4O2.6CHN.Fe.K.H/c1-2(3)4;6*1-2;;;/h1H3,(H,3,4);6*1H;;;/q;;;;;;;;+1;-1. The zero-order chi connectivity index (χ0) is 15.6. The van der Waals surface area contributed by atoms with Crippen LogP contribution in [0.1, 0.15) is 8.35 Å². The van der Waals surface area contributed by atoms with Crippen molar-refractivity contribution < 1.29 is 79.8 Å². The van der Waals surface area contributed by atoms with Crippen molar-refractivity contribution in [1.82, 2.24) is 0 Å². The molecule has 1 N–H and O–H groups in total. The van der Waals surface area contributed by atoms with Gasteiger partial charge in [0.25, 0.3) is 5.97 Å². The summed E-state index contributed by atoms with van der Waals surface area (Å²) in [6, 6.07) is 0. The van der Waals surface area contributed by atoms with E-state index in [0.717, 1.165) is 6.92 Å². The third-order valence-corrected chi connectivity index (χ3v) is 0. The van der Waals surface area contributed by atoms with Gasteiger partial charge in [-0.3, -0.25) is 4.79 Å². The van der Waals surface area contributed by atoms with Gasteiger partial charge in [-0.1, -0.05) is 0 Å². The first-order valence-corrected chi connectivity index (χ1v) is 2.48. The van der Waals surface area contributed by atoms with Crippen LogP contribution < -0.4 is 51.4 Å². The van der Waals surface area contributed by atoms with E-state index < -0.39 is 5.97 Å². The second kappa shape index (κ2) is 1350. The van der Waals surface area contributed by atoms with Gasteiger partial charge in [0.2, 0.25) is 0 Å². The van der Waals surface area contributed by atoms with Crippen molar-refractivity contribution in [2.75, 3.05) is 0 Å². The zero-order valence-electron chi connectivity index (χ0n) is 10.9. The third-order valence-electron chi connectivity index (χ3n) is 0. The SMILES string of the molecule is C#N.C#N.C#N.C#N.C#N.C#N.CC(=O)O.[Fe].[H-].[K+]. The molecule has 0 rings (SSSR count). The fraction of sp³-hybridized carbons (Fsp3) is 0.125. The predicted octanol–water partition coefficient (Wildman–Crippen LogP) is -1.96. The molecule has 94 valence electrons. The summed E-state index contributed by atoms with van der Waals surface area (Å²) in [7, 11) is 0. The van der Waals surface area contributed by atoms with Crippen molar-refractivity contribution in [3.05, 3.63) is 0 Å². The number of nitriles is 6. The molecule has 0 aliphatic carbocycles. The van der Waals surface area contributed by atoms with E-state index in [-0.39, 0.29) is 69.9 Å². The third kappa shape index (κ3) is 1300. The monoisotopic (exact) mass is 318 g/mol. The van der Waals surface area contributed by atoms with Crippen LogP contribution in [-0.4, -0.2) is 11.1 Å². The molecule has 0 atom stereocenters. The molecule has 0 fully saturated rings. The Morgan fingerprint density at radius 3 is 0.778 bits per heavy atom. The summed E-state index contributed by atoms with van der Waals surface area (Å²) in [5.41, 5.74) is 0. The smallest absolute Gasteiger partial charge is 1.00 e. The first-order chi connectivity index (χ1) is 7.73. The van der Waals surface area contributed by atoms with Gasteiger partial charge >= 0.3 is 51.4 Å². The van der Waals surface area contributed by atoms with Crippen molar-refractivity contribution in [1.29, 1.82) is 31.6 Å². The van der Waals surface area contributed by atoms with Crippen LogP contribution in [0.3, 0.4) is 0 Å². The maximum absolute atomic E-state index is 9.00. The fourth-order valence-corrected chi connectivity index (χ4v) is 0. The van der Waals surface area contributed by atoms with Gasteiger partial charge in [-0.25, -0.2) is 31.6 Å².